The van der Waals surface area contributed by atoms with E-state index in [1.54, 1.807) is 25.1 Å². The Hall–Kier alpha value is -3.48. The topological polar surface area (TPSA) is 76.0 Å². The molecule has 0 aliphatic rings. The largest absolute Gasteiger partial charge is 0.490 e. The first-order chi connectivity index (χ1) is 17.9. The lowest BCUT2D eigenvalue weighted by Gasteiger charge is -2.14. The third kappa shape index (κ3) is 7.75. The van der Waals surface area contributed by atoms with Crippen LogP contribution in [-0.4, -0.2) is 42.6 Å². The van der Waals surface area contributed by atoms with Crippen molar-refractivity contribution < 1.29 is 28.9 Å². The lowest BCUT2D eigenvalue weighted by Crippen LogP contribution is -2.12. The van der Waals surface area contributed by atoms with Crippen LogP contribution in [0, 0.1) is 11.7 Å². The van der Waals surface area contributed by atoms with Crippen molar-refractivity contribution in [1.29, 1.82) is 0 Å². The summed E-state index contributed by atoms with van der Waals surface area (Å²) in [6, 6.07) is 18.6. The van der Waals surface area contributed by atoms with Crippen molar-refractivity contribution >= 4 is 5.97 Å². The number of esters is 1. The van der Waals surface area contributed by atoms with E-state index in [2.05, 4.69) is 12.6 Å². The number of aryl methyl sites for hydroxylation is 2. The molecule has 0 amide bonds. The highest BCUT2D eigenvalue weighted by Crippen LogP contribution is 2.32. The van der Waals surface area contributed by atoms with Gasteiger partial charge in [0.25, 0.3) is 0 Å². The third-order valence-corrected chi connectivity index (χ3v) is 6.29. The second-order valence-electron chi connectivity index (χ2n) is 9.10. The molecule has 0 unspecified atom stereocenters. The maximum atomic E-state index is 15.3. The van der Waals surface area contributed by atoms with Gasteiger partial charge in [0.1, 0.15) is 24.8 Å². The molecule has 0 atom stereocenters. The second-order valence-corrected chi connectivity index (χ2v) is 9.10. The summed E-state index contributed by atoms with van der Waals surface area (Å²) in [6.45, 7) is 7.46. The fraction of sp³-hybridized carbons (Fsp3) is 0.323. The number of ether oxygens (including phenoxy) is 2. The lowest BCUT2D eigenvalue weighted by atomic mass is 9.92. The van der Waals surface area contributed by atoms with Gasteiger partial charge in [-0.2, -0.15) is 0 Å². The number of benzene rings is 3. The van der Waals surface area contributed by atoms with E-state index >= 15 is 4.39 Å². The highest BCUT2D eigenvalue weighted by Gasteiger charge is 2.13. The zero-order valence-electron chi connectivity index (χ0n) is 21.5. The van der Waals surface area contributed by atoms with Gasteiger partial charge in [-0.1, -0.05) is 56.0 Å². The minimum absolute atomic E-state index is 0.0322. The summed E-state index contributed by atoms with van der Waals surface area (Å²) in [6.07, 6.45) is 2.21. The molecule has 3 aromatic rings. The maximum absolute atomic E-state index is 15.3. The minimum atomic E-state index is -0.444. The van der Waals surface area contributed by atoms with Crippen LogP contribution in [0.25, 0.3) is 22.3 Å². The number of carbonyl (C=O) groups excluding carboxylic acids is 1. The van der Waals surface area contributed by atoms with Crippen LogP contribution in [0.3, 0.4) is 0 Å². The number of rotatable bonds is 13. The molecule has 0 radical (unpaired) electrons. The molecule has 5 nitrogen and oxygen atoms in total. The predicted molar refractivity (Wildman–Crippen MR) is 144 cm³/mol. The summed E-state index contributed by atoms with van der Waals surface area (Å²) < 4.78 is 25.9. The number of aliphatic hydroxyl groups is 2. The molecule has 0 aliphatic heterocycles. The molecular formula is C31H35FO5. The number of carbonyl (C=O) groups is 1. The van der Waals surface area contributed by atoms with Gasteiger partial charge in [-0.15, -0.1) is 0 Å². The molecule has 0 heterocycles. The van der Waals surface area contributed by atoms with Crippen molar-refractivity contribution in [3.8, 4) is 28.0 Å². The zero-order valence-corrected chi connectivity index (χ0v) is 21.5. The normalized spacial score (nSPS) is 11.0. The number of halogens is 1. The summed E-state index contributed by atoms with van der Waals surface area (Å²) in [5.41, 5.74) is 5.56. The Morgan fingerprint density at radius 2 is 1.62 bits per heavy atom. The molecule has 37 heavy (non-hydrogen) atoms. The van der Waals surface area contributed by atoms with Gasteiger partial charge >= 0.3 is 5.97 Å². The summed E-state index contributed by atoms with van der Waals surface area (Å²) in [4.78, 5) is 11.4. The molecule has 0 aromatic heterocycles. The van der Waals surface area contributed by atoms with E-state index in [1.165, 1.54) is 0 Å². The van der Waals surface area contributed by atoms with Crippen LogP contribution in [0.15, 0.2) is 72.8 Å². The Bertz CT molecular complexity index is 1200. The smallest absolute Gasteiger partial charge is 0.333 e. The quantitative estimate of drug-likeness (QED) is 0.175. The summed E-state index contributed by atoms with van der Waals surface area (Å²) in [7, 11) is 0. The van der Waals surface area contributed by atoms with Gasteiger partial charge in [-0.25, -0.2) is 9.18 Å². The SMILES string of the molecule is C=C(C)C(=O)OCCOc1ccc(-c2ccc(-c3ccc(CCC(CO)CO)cc3CC)c(F)c2)cc1. The van der Waals surface area contributed by atoms with E-state index in [1.807, 2.05) is 43.3 Å². The molecule has 0 bridgehead atoms. The van der Waals surface area contributed by atoms with E-state index in [4.69, 9.17) is 9.47 Å². The van der Waals surface area contributed by atoms with E-state index in [9.17, 15) is 15.0 Å². The molecule has 3 aromatic carbocycles. The van der Waals surface area contributed by atoms with Crippen LogP contribution in [0.5, 0.6) is 5.75 Å². The molecule has 0 spiro atoms. The fourth-order valence-electron chi connectivity index (χ4n) is 4.04. The monoisotopic (exact) mass is 506 g/mol. The summed E-state index contributed by atoms with van der Waals surface area (Å²) in [5.74, 6) is -0.230. The van der Waals surface area contributed by atoms with Gasteiger partial charge < -0.3 is 19.7 Å². The number of aliphatic hydroxyl groups excluding tert-OH is 2. The Kier molecular flexibility index (Phi) is 10.4. The van der Waals surface area contributed by atoms with Crippen LogP contribution < -0.4 is 4.74 Å². The summed E-state index contributed by atoms with van der Waals surface area (Å²) >= 11 is 0. The molecule has 6 heteroatoms. The first-order valence-electron chi connectivity index (χ1n) is 12.6. The van der Waals surface area contributed by atoms with Crippen LogP contribution in [0.2, 0.25) is 0 Å². The van der Waals surface area contributed by atoms with E-state index in [0.29, 0.717) is 23.3 Å². The van der Waals surface area contributed by atoms with Crippen LogP contribution in [0.1, 0.15) is 31.4 Å². The molecule has 0 saturated heterocycles. The van der Waals surface area contributed by atoms with Crippen LogP contribution >= 0.6 is 0 Å². The summed E-state index contributed by atoms with van der Waals surface area (Å²) in [5, 5.41) is 18.6. The maximum Gasteiger partial charge on any atom is 0.333 e. The van der Waals surface area contributed by atoms with Crippen molar-refractivity contribution in [2.45, 2.75) is 33.1 Å². The van der Waals surface area contributed by atoms with Gasteiger partial charge in [0.2, 0.25) is 0 Å². The standard InChI is InChI=1S/C31H35FO5/c1-4-24-17-22(5-6-23(19-33)20-34)7-13-28(24)29-14-10-26(18-30(29)32)25-8-11-27(12-9-25)36-15-16-37-31(35)21(2)3/h7-14,17-18,23,33-34H,2,4-6,15-16,19-20H2,1,3H3. The zero-order chi connectivity index (χ0) is 26.8. The number of hydrogen-bond donors (Lipinski definition) is 2. The van der Waals surface area contributed by atoms with Gasteiger partial charge in [0.15, 0.2) is 0 Å². The predicted octanol–water partition coefficient (Wildman–Crippen LogP) is 5.75. The van der Waals surface area contributed by atoms with Crippen molar-refractivity contribution in [3.05, 3.63) is 89.8 Å². The average Bonchev–Trinajstić information content (AvgIpc) is 2.91. The van der Waals surface area contributed by atoms with E-state index in [-0.39, 0.29) is 38.2 Å². The van der Waals surface area contributed by atoms with Gasteiger partial charge in [-0.05, 0) is 72.2 Å². The fourth-order valence-corrected chi connectivity index (χ4v) is 4.04. The van der Waals surface area contributed by atoms with E-state index in [0.717, 1.165) is 40.7 Å². The third-order valence-electron chi connectivity index (χ3n) is 6.29. The minimum Gasteiger partial charge on any atom is -0.490 e. The molecule has 0 fully saturated rings. The first-order valence-corrected chi connectivity index (χ1v) is 12.6. The average molecular weight is 507 g/mol. The molecule has 3 rings (SSSR count). The van der Waals surface area contributed by atoms with Crippen molar-refractivity contribution in [1.82, 2.24) is 0 Å². The Balaban J connectivity index is 1.68. The molecule has 0 aliphatic carbocycles. The van der Waals surface area contributed by atoms with Gasteiger partial charge in [-0.3, -0.25) is 0 Å². The second kappa shape index (κ2) is 13.7. The van der Waals surface area contributed by atoms with Crippen molar-refractivity contribution in [3.63, 3.8) is 0 Å². The molecule has 2 N–H and O–H groups in total. The van der Waals surface area contributed by atoms with Gasteiger partial charge in [0.05, 0.1) is 0 Å². The molecule has 196 valence electrons. The van der Waals surface area contributed by atoms with E-state index < -0.39 is 5.97 Å². The number of hydrogen-bond acceptors (Lipinski definition) is 5. The van der Waals surface area contributed by atoms with Gasteiger partial charge in [0, 0.05) is 30.3 Å². The van der Waals surface area contributed by atoms with Crippen LogP contribution in [0.4, 0.5) is 4.39 Å². The molecule has 0 saturated carbocycles. The highest BCUT2D eigenvalue weighted by atomic mass is 19.1. The Morgan fingerprint density at radius 1 is 0.946 bits per heavy atom. The lowest BCUT2D eigenvalue weighted by molar-refractivity contribution is -0.139. The highest BCUT2D eigenvalue weighted by molar-refractivity contribution is 5.86. The molecular weight excluding hydrogens is 471 g/mol. The van der Waals surface area contributed by atoms with Crippen molar-refractivity contribution in [2.24, 2.45) is 5.92 Å². The Morgan fingerprint density at radius 3 is 2.24 bits per heavy atom. The first kappa shape index (κ1) is 28.1. The van der Waals surface area contributed by atoms with Crippen LogP contribution in [-0.2, 0) is 22.4 Å². The van der Waals surface area contributed by atoms with Crippen molar-refractivity contribution in [2.75, 3.05) is 26.4 Å². The Labute approximate surface area is 218 Å².